The third-order valence-corrected chi connectivity index (χ3v) is 7.97. The minimum Gasteiger partial charge on any atom is -0.444 e. The second-order valence-electron chi connectivity index (χ2n) is 12.5. The largest absolute Gasteiger partial charge is 0.444 e. The fraction of sp³-hybridized carbons (Fsp3) is 0.364. The van der Waals surface area contributed by atoms with Crippen molar-refractivity contribution in [1.29, 1.82) is 5.26 Å². The number of nitrogens with zero attached hydrogens (tertiary/aromatic N) is 6. The number of nitriles is 1. The summed E-state index contributed by atoms with van der Waals surface area (Å²) in [5.41, 5.74) is 6.06. The van der Waals surface area contributed by atoms with E-state index in [1.165, 1.54) is 10.6 Å². The number of carbonyl (C=O) groups is 1. The van der Waals surface area contributed by atoms with Crippen LogP contribution >= 0.6 is 11.6 Å². The Balaban J connectivity index is 1.80. The number of hydrogen-bond acceptors (Lipinski definition) is 8. The lowest BCUT2D eigenvalue weighted by Crippen LogP contribution is -2.50. The smallest absolute Gasteiger partial charge is 0.410 e. The number of pyridine rings is 3. The summed E-state index contributed by atoms with van der Waals surface area (Å²) in [6.45, 7) is 12.1. The second-order valence-corrected chi connectivity index (χ2v) is 12.9. The summed E-state index contributed by atoms with van der Waals surface area (Å²) >= 11 is 6.76. The number of aromatic nitrogens is 3. The Labute approximate surface area is 270 Å². The highest BCUT2D eigenvalue weighted by molar-refractivity contribution is 6.34. The first-order valence-electron chi connectivity index (χ1n) is 14.8. The van der Waals surface area contributed by atoms with E-state index in [0.717, 1.165) is 6.07 Å². The fourth-order valence-corrected chi connectivity index (χ4v) is 5.89. The van der Waals surface area contributed by atoms with E-state index in [4.69, 9.17) is 27.1 Å². The molecule has 5 rings (SSSR count). The topological polar surface area (TPSA) is 130 Å². The van der Waals surface area contributed by atoms with Gasteiger partial charge in [-0.1, -0.05) is 25.4 Å². The van der Waals surface area contributed by atoms with Gasteiger partial charge >= 0.3 is 6.09 Å². The molecule has 0 aliphatic carbocycles. The molecule has 1 aliphatic heterocycles. The molecule has 1 amide bonds. The molecule has 0 spiro atoms. The van der Waals surface area contributed by atoms with E-state index in [0.29, 0.717) is 28.4 Å². The van der Waals surface area contributed by atoms with Crippen LogP contribution in [0.5, 0.6) is 0 Å². The van der Waals surface area contributed by atoms with Crippen LogP contribution in [0, 0.1) is 29.9 Å². The molecule has 1 aliphatic rings. The number of aryl methyl sites for hydroxylation is 1. The highest BCUT2D eigenvalue weighted by Crippen LogP contribution is 2.39. The van der Waals surface area contributed by atoms with Crippen molar-refractivity contribution in [3.8, 4) is 23.0 Å². The van der Waals surface area contributed by atoms with Crippen LogP contribution in [-0.4, -0.2) is 57.3 Å². The number of rotatable bonds is 4. The van der Waals surface area contributed by atoms with Gasteiger partial charge in [-0.15, -0.1) is 0 Å². The molecule has 10 nitrogen and oxygen atoms in total. The number of ether oxygens (including phenoxy) is 1. The maximum Gasteiger partial charge on any atom is 0.410 e. The molecule has 2 N–H and O–H groups in total. The van der Waals surface area contributed by atoms with E-state index in [2.05, 4.69) is 11.1 Å². The zero-order valence-corrected chi connectivity index (χ0v) is 27.2. The van der Waals surface area contributed by atoms with Gasteiger partial charge in [0.15, 0.2) is 0 Å². The van der Waals surface area contributed by atoms with E-state index in [-0.39, 0.29) is 71.0 Å². The molecule has 0 atom stereocenters. The van der Waals surface area contributed by atoms with E-state index in [1.807, 2.05) is 25.7 Å². The van der Waals surface area contributed by atoms with Gasteiger partial charge in [-0.3, -0.25) is 14.3 Å². The molecule has 13 heteroatoms. The molecular weight excluding hydrogens is 616 g/mol. The van der Waals surface area contributed by atoms with Gasteiger partial charge < -0.3 is 20.3 Å². The molecule has 0 radical (unpaired) electrons. The van der Waals surface area contributed by atoms with Crippen LogP contribution in [-0.2, 0) is 4.74 Å². The van der Waals surface area contributed by atoms with Crippen molar-refractivity contribution in [1.82, 2.24) is 19.4 Å². The molecule has 0 saturated carbocycles. The van der Waals surface area contributed by atoms with Crippen molar-refractivity contribution in [2.24, 2.45) is 0 Å². The average molecular weight is 650 g/mol. The molecule has 46 heavy (non-hydrogen) atoms. The van der Waals surface area contributed by atoms with Crippen LogP contribution in [0.4, 0.5) is 25.0 Å². The Hall–Kier alpha value is -4.76. The summed E-state index contributed by atoms with van der Waals surface area (Å²) in [5.74, 6) is -1.97. The number of hydrogen-bond donors (Lipinski definition) is 1. The van der Waals surface area contributed by atoms with Crippen molar-refractivity contribution < 1.29 is 18.3 Å². The Kier molecular flexibility index (Phi) is 8.66. The molecular formula is C33H34ClF2N7O3. The van der Waals surface area contributed by atoms with Crippen LogP contribution in [0.25, 0.3) is 28.0 Å². The monoisotopic (exact) mass is 649 g/mol. The summed E-state index contributed by atoms with van der Waals surface area (Å²) in [7, 11) is 0. The van der Waals surface area contributed by atoms with E-state index in [9.17, 15) is 19.2 Å². The number of amides is 1. The van der Waals surface area contributed by atoms with E-state index < -0.39 is 28.9 Å². The third kappa shape index (κ3) is 5.95. The molecule has 1 fully saturated rings. The Morgan fingerprint density at radius 1 is 1.13 bits per heavy atom. The summed E-state index contributed by atoms with van der Waals surface area (Å²) in [5, 5.41) is 10.7. The van der Waals surface area contributed by atoms with E-state index in [1.54, 1.807) is 37.9 Å². The zero-order valence-electron chi connectivity index (χ0n) is 26.4. The van der Waals surface area contributed by atoms with E-state index >= 15 is 4.39 Å². The Morgan fingerprint density at radius 2 is 1.80 bits per heavy atom. The molecule has 240 valence electrons. The maximum atomic E-state index is 15.2. The predicted octanol–water partition coefficient (Wildman–Crippen LogP) is 6.32. The summed E-state index contributed by atoms with van der Waals surface area (Å²) in [4.78, 5) is 39.8. The molecule has 1 aromatic carbocycles. The van der Waals surface area contributed by atoms with Crippen LogP contribution in [0.15, 0.2) is 35.3 Å². The lowest BCUT2D eigenvalue weighted by Gasteiger charge is -2.37. The number of carbonyl (C=O) groups excluding carboxylic acids is 1. The average Bonchev–Trinajstić information content (AvgIpc) is 2.96. The van der Waals surface area contributed by atoms with Crippen LogP contribution in [0.2, 0.25) is 5.02 Å². The van der Waals surface area contributed by atoms with Gasteiger partial charge in [0.2, 0.25) is 0 Å². The Morgan fingerprint density at radius 3 is 2.39 bits per heavy atom. The number of halogens is 3. The molecule has 0 unspecified atom stereocenters. The van der Waals surface area contributed by atoms with Gasteiger partial charge in [-0.2, -0.15) is 5.26 Å². The van der Waals surface area contributed by atoms with Crippen molar-refractivity contribution in [2.75, 3.05) is 36.8 Å². The van der Waals surface area contributed by atoms with Crippen molar-refractivity contribution in [3.63, 3.8) is 0 Å². The second kappa shape index (κ2) is 12.2. The van der Waals surface area contributed by atoms with Crippen molar-refractivity contribution in [3.05, 3.63) is 74.3 Å². The minimum absolute atomic E-state index is 0.0283. The number of nitrogens with two attached hydrogens (primary N) is 1. The van der Waals surface area contributed by atoms with Gasteiger partial charge in [0.1, 0.15) is 34.5 Å². The van der Waals surface area contributed by atoms with Gasteiger partial charge in [0, 0.05) is 49.5 Å². The highest BCUT2D eigenvalue weighted by atomic mass is 35.5. The Bertz CT molecular complexity index is 1950. The first kappa shape index (κ1) is 32.6. The third-order valence-electron chi connectivity index (χ3n) is 7.68. The van der Waals surface area contributed by atoms with Crippen molar-refractivity contribution >= 4 is 40.1 Å². The predicted molar refractivity (Wildman–Crippen MR) is 173 cm³/mol. The summed E-state index contributed by atoms with van der Waals surface area (Å²) in [6.07, 6.45) is 1.17. The normalized spacial score (nSPS) is 13.8. The highest BCUT2D eigenvalue weighted by Gasteiger charge is 2.31. The molecule has 4 aromatic rings. The van der Waals surface area contributed by atoms with Gasteiger partial charge in [0.25, 0.3) is 5.56 Å². The summed E-state index contributed by atoms with van der Waals surface area (Å²) in [6, 6.07) is 6.98. The molecule has 4 heterocycles. The van der Waals surface area contributed by atoms with Crippen LogP contribution < -0.4 is 16.2 Å². The first-order valence-corrected chi connectivity index (χ1v) is 15.1. The van der Waals surface area contributed by atoms with Gasteiger partial charge in [0.05, 0.1) is 33.3 Å². The lowest BCUT2D eigenvalue weighted by molar-refractivity contribution is 0.0240. The fourth-order valence-electron chi connectivity index (χ4n) is 5.65. The number of nitrogen functional groups attached to an aromatic ring is 1. The lowest BCUT2D eigenvalue weighted by atomic mass is 10.0. The molecule has 0 bridgehead atoms. The quantitative estimate of drug-likeness (QED) is 0.254. The SMILES string of the molecule is Cc1ccnc(C(C)C)c1-n1c(=O)c(C#N)c(N2CCN(C(=O)OC(C)(C)C)CC2)c2cc(Cl)c(-c3c(N)cc(F)cc3F)nc21. The number of piperazine rings is 1. The standard InChI is InChI=1S/C33H34ClF2N7O3/c1-17(2)26-28(18(3)7-8-39-26)43-30-20(15-22(34)27(40-30)25-23(36)13-19(35)14-24(25)38)29(21(16-37)31(43)44)41-9-11-42(12-10-41)32(45)46-33(4,5)6/h7-8,13-15,17H,9-12,38H2,1-6H3. The minimum atomic E-state index is -0.979. The van der Waals surface area contributed by atoms with Crippen LogP contribution in [0.3, 0.4) is 0 Å². The molecule has 3 aromatic heterocycles. The van der Waals surface area contributed by atoms with Crippen LogP contribution in [0.1, 0.15) is 57.4 Å². The van der Waals surface area contributed by atoms with Gasteiger partial charge in [-0.05, 0) is 57.4 Å². The molecule has 1 saturated heterocycles. The zero-order chi connectivity index (χ0) is 33.7. The summed E-state index contributed by atoms with van der Waals surface area (Å²) < 4.78 is 36.0. The van der Waals surface area contributed by atoms with Crippen molar-refractivity contribution in [2.45, 2.75) is 53.1 Å². The van der Waals surface area contributed by atoms with Gasteiger partial charge in [-0.25, -0.2) is 18.6 Å². The number of benzene rings is 1. The maximum absolute atomic E-state index is 15.2. The first-order chi connectivity index (χ1) is 21.6. The number of fused-ring (bicyclic) bond motifs is 1. The number of anilines is 2.